The third kappa shape index (κ3) is 4.41. The number of ether oxygens (including phenoxy) is 1. The van der Waals surface area contributed by atoms with E-state index in [1.54, 1.807) is 4.90 Å². The van der Waals surface area contributed by atoms with Crippen LogP contribution in [-0.4, -0.2) is 46.6 Å². The van der Waals surface area contributed by atoms with Gasteiger partial charge in [-0.3, -0.25) is 14.9 Å². The average molecular weight is 322 g/mol. The molecule has 1 atom stereocenters. The van der Waals surface area contributed by atoms with Crippen LogP contribution in [0.25, 0.3) is 0 Å². The molecule has 1 N–H and O–H groups in total. The molecule has 0 bridgehead atoms. The normalized spacial score (nSPS) is 18.5. The van der Waals surface area contributed by atoms with Crippen LogP contribution in [-0.2, 0) is 4.74 Å². The van der Waals surface area contributed by atoms with Gasteiger partial charge >= 0.3 is 5.69 Å². The zero-order valence-electron chi connectivity index (χ0n) is 13.2. The fraction of sp³-hybridized carbons (Fsp3) is 0.562. The van der Waals surface area contributed by atoms with Crippen molar-refractivity contribution in [2.24, 2.45) is 0 Å². The summed E-state index contributed by atoms with van der Waals surface area (Å²) in [6, 6.07) is 3.74. The number of nitro benzene ring substituents is 1. The molecule has 1 saturated heterocycles. The Morgan fingerprint density at radius 1 is 1.43 bits per heavy atom. The summed E-state index contributed by atoms with van der Waals surface area (Å²) in [6.45, 7) is 3.97. The highest BCUT2D eigenvalue weighted by molar-refractivity contribution is 5.95. The van der Waals surface area contributed by atoms with Gasteiger partial charge in [0.1, 0.15) is 0 Å². The number of phenols is 1. The predicted octanol–water partition coefficient (Wildman–Crippen LogP) is 2.72. The van der Waals surface area contributed by atoms with Gasteiger partial charge in [0.25, 0.3) is 5.91 Å². The molecule has 0 spiro atoms. The summed E-state index contributed by atoms with van der Waals surface area (Å²) in [5.74, 6) is -0.681. The third-order valence-electron chi connectivity index (χ3n) is 3.94. The molecule has 1 unspecified atom stereocenters. The molecule has 126 valence electrons. The quantitative estimate of drug-likeness (QED) is 0.664. The molecule has 1 aliphatic heterocycles. The van der Waals surface area contributed by atoms with E-state index in [2.05, 4.69) is 6.92 Å². The van der Waals surface area contributed by atoms with Gasteiger partial charge in [-0.25, -0.2) is 0 Å². The lowest BCUT2D eigenvalue weighted by Gasteiger charge is -2.20. The second-order valence-corrected chi connectivity index (χ2v) is 5.68. The van der Waals surface area contributed by atoms with Crippen LogP contribution >= 0.6 is 0 Å². The first-order chi connectivity index (χ1) is 11.0. The number of amides is 1. The molecule has 1 fully saturated rings. The van der Waals surface area contributed by atoms with Crippen molar-refractivity contribution in [2.75, 3.05) is 19.7 Å². The Bertz CT molecular complexity index is 576. The Labute approximate surface area is 135 Å². The Balaban J connectivity index is 2.05. The van der Waals surface area contributed by atoms with Gasteiger partial charge in [-0.2, -0.15) is 0 Å². The van der Waals surface area contributed by atoms with Crippen LogP contribution in [0.3, 0.4) is 0 Å². The maximum Gasteiger partial charge on any atom is 0.311 e. The third-order valence-corrected chi connectivity index (χ3v) is 3.94. The zero-order valence-corrected chi connectivity index (χ0v) is 13.2. The summed E-state index contributed by atoms with van der Waals surface area (Å²) in [6.07, 6.45) is 3.67. The molecule has 1 heterocycles. The van der Waals surface area contributed by atoms with E-state index in [4.69, 9.17) is 4.74 Å². The summed E-state index contributed by atoms with van der Waals surface area (Å²) in [5, 5.41) is 20.4. The molecule has 1 aromatic carbocycles. The van der Waals surface area contributed by atoms with Crippen LogP contribution in [0.5, 0.6) is 5.75 Å². The number of carbonyl (C=O) groups is 1. The van der Waals surface area contributed by atoms with Gasteiger partial charge in [0, 0.05) is 31.3 Å². The van der Waals surface area contributed by atoms with Crippen molar-refractivity contribution >= 4 is 11.6 Å². The number of benzene rings is 1. The second-order valence-electron chi connectivity index (χ2n) is 5.68. The number of nitro groups is 1. The topological polar surface area (TPSA) is 92.9 Å². The summed E-state index contributed by atoms with van der Waals surface area (Å²) in [4.78, 5) is 24.4. The zero-order chi connectivity index (χ0) is 16.8. The van der Waals surface area contributed by atoms with Gasteiger partial charge in [-0.15, -0.1) is 0 Å². The van der Waals surface area contributed by atoms with E-state index in [1.807, 2.05) is 0 Å². The summed E-state index contributed by atoms with van der Waals surface area (Å²) >= 11 is 0. The van der Waals surface area contributed by atoms with Gasteiger partial charge in [0.2, 0.25) is 0 Å². The van der Waals surface area contributed by atoms with Crippen LogP contribution in [0.15, 0.2) is 18.2 Å². The van der Waals surface area contributed by atoms with E-state index in [0.29, 0.717) is 13.1 Å². The largest absolute Gasteiger partial charge is 0.502 e. The molecule has 7 heteroatoms. The van der Waals surface area contributed by atoms with E-state index in [1.165, 1.54) is 12.1 Å². The molecule has 1 aliphatic rings. The number of nitrogens with zero attached hydrogens (tertiary/aromatic N) is 2. The Morgan fingerprint density at radius 3 is 2.91 bits per heavy atom. The van der Waals surface area contributed by atoms with Crippen molar-refractivity contribution in [3.8, 4) is 5.75 Å². The van der Waals surface area contributed by atoms with Crippen molar-refractivity contribution in [3.63, 3.8) is 0 Å². The first kappa shape index (κ1) is 17.2. The van der Waals surface area contributed by atoms with Crippen molar-refractivity contribution in [1.82, 2.24) is 4.90 Å². The molecule has 0 aromatic heterocycles. The Morgan fingerprint density at radius 2 is 2.22 bits per heavy atom. The fourth-order valence-electron chi connectivity index (χ4n) is 2.71. The summed E-state index contributed by atoms with van der Waals surface area (Å²) in [7, 11) is 0. The van der Waals surface area contributed by atoms with Crippen LogP contribution < -0.4 is 0 Å². The number of aromatic hydroxyl groups is 1. The van der Waals surface area contributed by atoms with E-state index < -0.39 is 16.4 Å². The van der Waals surface area contributed by atoms with Gasteiger partial charge < -0.3 is 14.7 Å². The van der Waals surface area contributed by atoms with Crippen LogP contribution in [0.4, 0.5) is 5.69 Å². The van der Waals surface area contributed by atoms with E-state index in [0.717, 1.165) is 38.4 Å². The van der Waals surface area contributed by atoms with Crippen molar-refractivity contribution in [3.05, 3.63) is 33.9 Å². The van der Waals surface area contributed by atoms with Gasteiger partial charge in [-0.1, -0.05) is 6.92 Å². The van der Waals surface area contributed by atoms with Gasteiger partial charge in [0.15, 0.2) is 5.75 Å². The predicted molar refractivity (Wildman–Crippen MR) is 84.5 cm³/mol. The van der Waals surface area contributed by atoms with Gasteiger partial charge in [-0.05, 0) is 37.8 Å². The Kier molecular flexibility index (Phi) is 5.92. The average Bonchev–Trinajstić information content (AvgIpc) is 2.78. The monoisotopic (exact) mass is 322 g/mol. The molecule has 1 amide bonds. The lowest BCUT2D eigenvalue weighted by molar-refractivity contribution is -0.385. The van der Waals surface area contributed by atoms with Crippen molar-refractivity contribution < 1.29 is 19.6 Å². The second kappa shape index (κ2) is 7.92. The molecule has 0 aliphatic carbocycles. The molecule has 2 rings (SSSR count). The number of hydrogen-bond donors (Lipinski definition) is 1. The number of phenolic OH excluding ortho intramolecular Hbond substituents is 1. The first-order valence-electron chi connectivity index (χ1n) is 7.91. The van der Waals surface area contributed by atoms with Crippen LogP contribution in [0, 0.1) is 10.1 Å². The Hall–Kier alpha value is -2.15. The lowest BCUT2D eigenvalue weighted by atomic mass is 10.1. The molecular weight excluding hydrogens is 300 g/mol. The number of rotatable bonds is 5. The van der Waals surface area contributed by atoms with Crippen LogP contribution in [0.1, 0.15) is 43.0 Å². The van der Waals surface area contributed by atoms with E-state index in [9.17, 15) is 20.0 Å². The van der Waals surface area contributed by atoms with Crippen molar-refractivity contribution in [2.45, 2.75) is 38.7 Å². The number of hydrogen-bond acceptors (Lipinski definition) is 5. The summed E-state index contributed by atoms with van der Waals surface area (Å²) < 4.78 is 5.75. The maximum absolute atomic E-state index is 12.5. The highest BCUT2D eigenvalue weighted by atomic mass is 16.6. The maximum atomic E-state index is 12.5. The van der Waals surface area contributed by atoms with Gasteiger partial charge in [0.05, 0.1) is 11.0 Å². The summed E-state index contributed by atoms with van der Waals surface area (Å²) in [5.41, 5.74) is -0.225. The first-order valence-corrected chi connectivity index (χ1v) is 7.91. The molecule has 1 aromatic rings. The minimum Gasteiger partial charge on any atom is -0.502 e. The van der Waals surface area contributed by atoms with E-state index >= 15 is 0 Å². The molecule has 0 radical (unpaired) electrons. The fourth-order valence-corrected chi connectivity index (χ4v) is 2.71. The molecule has 7 nitrogen and oxygen atoms in total. The smallest absolute Gasteiger partial charge is 0.311 e. The SMILES string of the molecule is CCCOC1CCCN(C(=O)c2ccc(O)c([N+](=O)[O-])c2)CC1. The minimum absolute atomic E-state index is 0.168. The van der Waals surface area contributed by atoms with E-state index in [-0.39, 0.29) is 17.6 Å². The standard InChI is InChI=1S/C16H22N2O5/c1-2-10-23-13-4-3-8-17(9-7-13)16(20)12-5-6-15(19)14(11-12)18(21)22/h5-6,11,13,19H,2-4,7-10H2,1H3. The lowest BCUT2D eigenvalue weighted by Crippen LogP contribution is -2.32. The number of likely N-dealkylation sites (tertiary alicyclic amines) is 1. The highest BCUT2D eigenvalue weighted by Gasteiger charge is 2.24. The highest BCUT2D eigenvalue weighted by Crippen LogP contribution is 2.27. The van der Waals surface area contributed by atoms with Crippen molar-refractivity contribution in [1.29, 1.82) is 0 Å². The molecular formula is C16H22N2O5. The minimum atomic E-state index is -0.691. The molecule has 0 saturated carbocycles. The molecule has 23 heavy (non-hydrogen) atoms. The van der Waals surface area contributed by atoms with Crippen LogP contribution in [0.2, 0.25) is 0 Å². The number of carbonyl (C=O) groups excluding carboxylic acids is 1.